The molecule has 0 unspecified atom stereocenters. The van der Waals surface area contributed by atoms with E-state index in [1.54, 1.807) is 0 Å². The molecule has 0 aliphatic carbocycles. The summed E-state index contributed by atoms with van der Waals surface area (Å²) in [4.78, 5) is 0. The summed E-state index contributed by atoms with van der Waals surface area (Å²) in [6.07, 6.45) is 0. The first-order chi connectivity index (χ1) is 3.39. The fraction of sp³-hybridized carbons (Fsp3) is 0. The van der Waals surface area contributed by atoms with Gasteiger partial charge in [-0.2, -0.15) is 0 Å². The molecular weight excluding hydrogens is 137 g/mol. The van der Waals surface area contributed by atoms with Gasteiger partial charge >= 0.3 is 0 Å². The molecule has 1 rings (SSSR count). The van der Waals surface area contributed by atoms with Gasteiger partial charge in [-0.3, -0.25) is 9.41 Å². The van der Waals surface area contributed by atoms with Crippen molar-refractivity contribution in [2.45, 2.75) is 0 Å². The third-order valence-corrected chi connectivity index (χ3v) is 1.61. The normalized spacial score (nSPS) is 6.67. The van der Waals surface area contributed by atoms with E-state index in [4.69, 9.17) is 0 Å². The van der Waals surface area contributed by atoms with Crippen LogP contribution in [-0.4, -0.2) is 16.3 Å². The molecule has 0 heterocycles. The highest BCUT2D eigenvalue weighted by atomic mass is 27.0. The molecule has 0 aromatic heterocycles. The van der Waals surface area contributed by atoms with E-state index in [-0.39, 0.29) is 9.41 Å². The third kappa shape index (κ3) is 4.14. The van der Waals surface area contributed by atoms with Crippen molar-refractivity contribution in [2.24, 2.45) is 0 Å². The predicted octanol–water partition coefficient (Wildman–Crippen LogP) is 0.250. The Labute approximate surface area is 61.1 Å². The van der Waals surface area contributed by atoms with E-state index < -0.39 is 0 Å². The smallest absolute Gasteiger partial charge is 0.258 e. The van der Waals surface area contributed by atoms with Gasteiger partial charge in [-0.1, -0.05) is 30.3 Å². The van der Waals surface area contributed by atoms with E-state index in [0.29, 0.717) is 0 Å². The summed E-state index contributed by atoms with van der Waals surface area (Å²) in [5, 5.41) is 0. The first-order valence-corrected chi connectivity index (χ1v) is 3.41. The Bertz CT molecular complexity index is 141. The Hall–Kier alpha value is -0.388. The third-order valence-electron chi connectivity index (χ3n) is 0.940. The zero-order chi connectivity index (χ0) is 5.11. The number of benzene rings is 1. The zero-order valence-electron chi connectivity index (χ0n) is 5.20. The maximum absolute atomic E-state index is 2.15. The van der Waals surface area contributed by atoms with Gasteiger partial charge < -0.3 is 0 Å². The van der Waals surface area contributed by atoms with E-state index in [9.17, 15) is 0 Å². The second kappa shape index (κ2) is 5.74. The van der Waals surface area contributed by atoms with E-state index in [1.165, 1.54) is 20.7 Å². The van der Waals surface area contributed by atoms with E-state index in [1.807, 2.05) is 6.07 Å². The van der Waals surface area contributed by atoms with Crippen LogP contribution in [0.2, 0.25) is 0 Å². The fourth-order valence-corrected chi connectivity index (χ4v) is 0.919. The molecule has 9 heavy (non-hydrogen) atoms. The molecule has 0 amide bonds. The Morgan fingerprint density at radius 2 is 1.33 bits per heavy atom. The Morgan fingerprint density at radius 3 is 1.56 bits per heavy atom. The van der Waals surface area contributed by atoms with Crippen LogP contribution >= 0.6 is 0 Å². The molecule has 0 fully saturated rings. The summed E-state index contributed by atoms with van der Waals surface area (Å²) in [5.41, 5.74) is 0. The van der Waals surface area contributed by atoms with Crippen LogP contribution < -0.4 is 4.43 Å². The Morgan fingerprint density at radius 1 is 0.889 bits per heavy atom. The van der Waals surface area contributed by atoms with Crippen molar-refractivity contribution in [2.75, 3.05) is 0 Å². The number of hydrogen-bond donors (Lipinski definition) is 0. The summed E-state index contributed by atoms with van der Waals surface area (Å²) in [6, 6.07) is 10.5. The molecule has 0 atom stereocenters. The summed E-state index contributed by atoms with van der Waals surface area (Å²) in [5.74, 6) is 0. The van der Waals surface area contributed by atoms with Gasteiger partial charge in [-0.15, -0.1) is 4.43 Å². The van der Waals surface area contributed by atoms with Crippen molar-refractivity contribution in [1.29, 1.82) is 0 Å². The van der Waals surface area contributed by atoms with E-state index in [2.05, 4.69) is 24.3 Å². The maximum Gasteiger partial charge on any atom is 0.258 e. The van der Waals surface area contributed by atoms with Crippen molar-refractivity contribution in [3.05, 3.63) is 30.3 Å². The van der Waals surface area contributed by atoms with Crippen LogP contribution in [0.1, 0.15) is 0 Å². The lowest BCUT2D eigenvalue weighted by atomic mass is 10.4. The molecule has 0 saturated heterocycles. The molecule has 0 saturated carbocycles. The Balaban J connectivity index is 0. The lowest BCUT2D eigenvalue weighted by Crippen LogP contribution is -1.97. The van der Waals surface area contributed by atoms with Crippen LogP contribution in [0, 0.1) is 0 Å². The van der Waals surface area contributed by atoms with E-state index in [0.717, 1.165) is 0 Å². The first kappa shape index (κ1) is 11.4. The van der Waals surface area contributed by atoms with Gasteiger partial charge in [-0.25, -0.2) is 0 Å². The van der Waals surface area contributed by atoms with Gasteiger partial charge in [0.1, 0.15) is 0 Å². The number of hydrogen-bond acceptors (Lipinski definition) is 0. The molecule has 0 bridgehead atoms. The van der Waals surface area contributed by atoms with Gasteiger partial charge in [-0.05, 0) is 0 Å². The lowest BCUT2D eigenvalue weighted by Gasteiger charge is -1.83. The monoisotopic (exact) mass is 146 g/mol. The molecule has 1 aromatic carbocycles. The average Bonchev–Trinajstić information content (AvgIpc) is 1.69. The number of rotatable bonds is 0. The van der Waals surface area contributed by atoms with Crippen LogP contribution in [0.4, 0.5) is 9.41 Å². The summed E-state index contributed by atoms with van der Waals surface area (Å²) in [6.45, 7) is 0. The largest absolute Gasteiger partial charge is 0.269 e. The second-order valence-corrected chi connectivity index (χ2v) is 2.81. The first-order valence-electron chi connectivity index (χ1n) is 2.41. The Kier molecular flexibility index (Phi) is 7.28. The molecular formula is C6H9AlF2. The van der Waals surface area contributed by atoms with E-state index >= 15 is 0 Å². The van der Waals surface area contributed by atoms with Gasteiger partial charge in [0.15, 0.2) is 0 Å². The topological polar surface area (TPSA) is 0 Å². The van der Waals surface area contributed by atoms with Gasteiger partial charge in [0.2, 0.25) is 0 Å². The fourth-order valence-electron chi connectivity index (χ4n) is 0.534. The van der Waals surface area contributed by atoms with Gasteiger partial charge in [0.05, 0.1) is 0 Å². The predicted molar refractivity (Wildman–Crippen MR) is 39.6 cm³/mol. The van der Waals surface area contributed by atoms with Crippen molar-refractivity contribution in [3.63, 3.8) is 0 Å². The average molecular weight is 146 g/mol. The molecule has 0 nitrogen and oxygen atoms in total. The minimum atomic E-state index is 0. The summed E-state index contributed by atoms with van der Waals surface area (Å²) >= 11 is 1.17. The molecule has 0 aliphatic rings. The summed E-state index contributed by atoms with van der Waals surface area (Å²) in [7, 11) is 0. The van der Waals surface area contributed by atoms with Crippen LogP contribution in [0.5, 0.6) is 0 Å². The van der Waals surface area contributed by atoms with Crippen LogP contribution in [0.15, 0.2) is 30.3 Å². The number of halogens is 2. The van der Waals surface area contributed by atoms with Gasteiger partial charge in [0, 0.05) is 0 Å². The molecule has 50 valence electrons. The molecule has 1 aromatic rings. The summed E-state index contributed by atoms with van der Waals surface area (Å²) < 4.78 is 1.46. The van der Waals surface area contributed by atoms with Crippen molar-refractivity contribution in [1.82, 2.24) is 0 Å². The van der Waals surface area contributed by atoms with Crippen molar-refractivity contribution >= 4 is 20.7 Å². The van der Waals surface area contributed by atoms with Crippen LogP contribution in [-0.2, 0) is 0 Å². The van der Waals surface area contributed by atoms with Crippen molar-refractivity contribution in [3.8, 4) is 0 Å². The molecule has 0 N–H and O–H groups in total. The quantitative estimate of drug-likeness (QED) is 0.460. The highest BCUT2D eigenvalue weighted by Crippen LogP contribution is 1.76. The SMILES string of the molecule is F.F.[AlH2][c]1ccccc1. The second-order valence-electron chi connectivity index (χ2n) is 1.65. The van der Waals surface area contributed by atoms with Crippen LogP contribution in [0.25, 0.3) is 0 Å². The highest BCUT2D eigenvalue weighted by molar-refractivity contribution is 6.32. The molecule has 3 heteroatoms. The highest BCUT2D eigenvalue weighted by Gasteiger charge is 1.72. The lowest BCUT2D eigenvalue weighted by molar-refractivity contribution is 1.11. The minimum Gasteiger partial charge on any atom is -0.269 e. The van der Waals surface area contributed by atoms with Crippen molar-refractivity contribution < 1.29 is 9.41 Å². The zero-order valence-corrected chi connectivity index (χ0v) is 7.20. The van der Waals surface area contributed by atoms with Gasteiger partial charge in [0.25, 0.3) is 16.3 Å². The standard InChI is InChI=1S/C6H5.Al.2FH.2H/c1-2-4-6-5-3-1;;;;;/h1-5H;;2*1H;;. The van der Waals surface area contributed by atoms with Crippen LogP contribution in [0.3, 0.4) is 0 Å². The molecule has 0 aliphatic heterocycles. The molecule has 0 radical (unpaired) electrons. The molecule has 0 spiro atoms. The maximum atomic E-state index is 2.15. The minimum absolute atomic E-state index is 0.